The van der Waals surface area contributed by atoms with Crippen LogP contribution in [0.2, 0.25) is 0 Å². The van der Waals surface area contributed by atoms with Gasteiger partial charge in [-0.3, -0.25) is 0 Å². The number of pyridine rings is 2. The molecule has 0 unspecified atom stereocenters. The maximum atomic E-state index is 5.61. The molecule has 0 radical (unpaired) electrons. The molecule has 7 rings (SSSR count). The van der Waals surface area contributed by atoms with E-state index in [1.807, 2.05) is 24.7 Å². The second-order valence-corrected chi connectivity index (χ2v) is 9.99. The molecule has 0 atom stereocenters. The highest BCUT2D eigenvalue weighted by Gasteiger charge is 2.21. The molecule has 0 aromatic carbocycles. The molecule has 2 aliphatic rings. The van der Waals surface area contributed by atoms with Crippen molar-refractivity contribution in [3.63, 3.8) is 0 Å². The van der Waals surface area contributed by atoms with Crippen LogP contribution in [-0.2, 0) is 9.47 Å². The number of aromatic amines is 1. The summed E-state index contributed by atoms with van der Waals surface area (Å²) in [6.07, 6.45) is 5.70. The van der Waals surface area contributed by atoms with Crippen LogP contribution in [-0.4, -0.2) is 77.5 Å². The van der Waals surface area contributed by atoms with Crippen molar-refractivity contribution >= 4 is 44.2 Å². The van der Waals surface area contributed by atoms with Gasteiger partial charge in [-0.15, -0.1) is 11.3 Å². The summed E-state index contributed by atoms with van der Waals surface area (Å²) in [5.74, 6) is 2.64. The Kier molecular flexibility index (Phi) is 5.49. The van der Waals surface area contributed by atoms with Crippen molar-refractivity contribution in [2.24, 2.45) is 0 Å². The van der Waals surface area contributed by atoms with Crippen LogP contribution in [0.25, 0.3) is 43.1 Å². The Labute approximate surface area is 211 Å². The Morgan fingerprint density at radius 3 is 2.36 bits per heavy atom. The Bertz CT molecular complexity index is 1520. The van der Waals surface area contributed by atoms with Gasteiger partial charge in [-0.2, -0.15) is 0 Å². The van der Waals surface area contributed by atoms with E-state index in [0.29, 0.717) is 19.0 Å². The third kappa shape index (κ3) is 3.97. The predicted molar refractivity (Wildman–Crippen MR) is 142 cm³/mol. The first-order valence-corrected chi connectivity index (χ1v) is 13.0. The molecule has 182 valence electrons. The van der Waals surface area contributed by atoms with E-state index in [4.69, 9.17) is 24.4 Å². The zero-order valence-electron chi connectivity index (χ0n) is 19.7. The fraction of sp³-hybridized carbons (Fsp3) is 0.308. The summed E-state index contributed by atoms with van der Waals surface area (Å²) in [4.78, 5) is 28.2. The molecule has 5 aromatic rings. The molecule has 0 amide bonds. The van der Waals surface area contributed by atoms with Gasteiger partial charge in [-0.05, 0) is 30.3 Å². The third-order valence-corrected chi connectivity index (χ3v) is 7.86. The number of morpholine rings is 2. The van der Waals surface area contributed by atoms with Gasteiger partial charge in [0.05, 0.1) is 36.6 Å². The van der Waals surface area contributed by atoms with Crippen LogP contribution in [0.5, 0.6) is 0 Å². The number of fused-ring (bicyclic) bond motifs is 2. The fourth-order valence-corrected chi connectivity index (χ4v) is 5.85. The smallest absolute Gasteiger partial charge is 0.163 e. The Balaban J connectivity index is 1.30. The molecule has 9 nitrogen and oxygen atoms in total. The molecule has 2 fully saturated rings. The summed E-state index contributed by atoms with van der Waals surface area (Å²) in [6.45, 7) is 6.26. The monoisotopic (exact) mass is 499 g/mol. The summed E-state index contributed by atoms with van der Waals surface area (Å²) in [5, 5.41) is 1.04. The quantitative estimate of drug-likeness (QED) is 0.397. The zero-order chi connectivity index (χ0) is 23.9. The SMILES string of the molecule is c1cc2cc(-c3nc(N4CCOCC4)c4sc(-c5ccc(N6CCOCC6)nc5)cc4n3)cnc2[nH]1. The topological polar surface area (TPSA) is 92.3 Å². The van der Waals surface area contributed by atoms with Crippen molar-refractivity contribution in [1.29, 1.82) is 0 Å². The van der Waals surface area contributed by atoms with E-state index in [9.17, 15) is 0 Å². The lowest BCUT2D eigenvalue weighted by Crippen LogP contribution is -2.36. The second-order valence-electron chi connectivity index (χ2n) is 8.94. The third-order valence-electron chi connectivity index (χ3n) is 6.69. The van der Waals surface area contributed by atoms with Crippen molar-refractivity contribution in [2.75, 3.05) is 62.4 Å². The van der Waals surface area contributed by atoms with Gasteiger partial charge in [-0.1, -0.05) is 0 Å². The first-order chi connectivity index (χ1) is 17.8. The highest BCUT2D eigenvalue weighted by molar-refractivity contribution is 7.22. The van der Waals surface area contributed by atoms with Gasteiger partial charge in [0.25, 0.3) is 0 Å². The number of nitrogens with one attached hydrogen (secondary N) is 1. The van der Waals surface area contributed by atoms with E-state index < -0.39 is 0 Å². The summed E-state index contributed by atoms with van der Waals surface area (Å²) < 4.78 is 12.2. The van der Waals surface area contributed by atoms with Gasteiger partial charge < -0.3 is 24.3 Å². The first-order valence-electron chi connectivity index (χ1n) is 12.2. The minimum absolute atomic E-state index is 0.685. The molecule has 5 aromatic heterocycles. The Hall–Kier alpha value is -3.60. The summed E-state index contributed by atoms with van der Waals surface area (Å²) >= 11 is 1.72. The average Bonchev–Trinajstić information content (AvgIpc) is 3.60. The number of ether oxygens (including phenoxy) is 2. The van der Waals surface area contributed by atoms with E-state index in [1.54, 1.807) is 11.3 Å². The van der Waals surface area contributed by atoms with Crippen LogP contribution in [0.3, 0.4) is 0 Å². The predicted octanol–water partition coefficient (Wildman–Crippen LogP) is 3.97. The lowest BCUT2D eigenvalue weighted by molar-refractivity contribution is 0.122. The number of hydrogen-bond acceptors (Lipinski definition) is 9. The number of anilines is 2. The van der Waals surface area contributed by atoms with Gasteiger partial charge in [0.15, 0.2) is 11.6 Å². The number of rotatable bonds is 4. The van der Waals surface area contributed by atoms with Gasteiger partial charge in [0.2, 0.25) is 0 Å². The van der Waals surface area contributed by atoms with E-state index in [-0.39, 0.29) is 0 Å². The van der Waals surface area contributed by atoms with Crippen molar-refractivity contribution in [1.82, 2.24) is 24.9 Å². The molecule has 0 bridgehead atoms. The maximum Gasteiger partial charge on any atom is 0.163 e. The van der Waals surface area contributed by atoms with Gasteiger partial charge in [-0.25, -0.2) is 19.9 Å². The van der Waals surface area contributed by atoms with Gasteiger partial charge in [0.1, 0.15) is 11.5 Å². The largest absolute Gasteiger partial charge is 0.378 e. The maximum absolute atomic E-state index is 5.61. The number of H-pyrrole nitrogens is 1. The van der Waals surface area contributed by atoms with Crippen molar-refractivity contribution < 1.29 is 9.47 Å². The van der Waals surface area contributed by atoms with Crippen LogP contribution >= 0.6 is 11.3 Å². The minimum atomic E-state index is 0.685. The second kappa shape index (κ2) is 9.12. The molecular weight excluding hydrogens is 474 g/mol. The van der Waals surface area contributed by atoms with Crippen LogP contribution in [0.4, 0.5) is 11.6 Å². The highest BCUT2D eigenvalue weighted by atomic mass is 32.1. The number of thiophene rings is 1. The summed E-state index contributed by atoms with van der Waals surface area (Å²) in [7, 11) is 0. The molecule has 7 heterocycles. The zero-order valence-corrected chi connectivity index (χ0v) is 20.5. The number of aromatic nitrogens is 5. The molecule has 2 saturated heterocycles. The first kappa shape index (κ1) is 21.7. The fourth-order valence-electron chi connectivity index (χ4n) is 4.75. The average molecular weight is 500 g/mol. The van der Waals surface area contributed by atoms with Crippen LogP contribution in [0, 0.1) is 0 Å². The number of hydrogen-bond donors (Lipinski definition) is 1. The van der Waals surface area contributed by atoms with Gasteiger partial charge in [0, 0.05) is 66.2 Å². The Morgan fingerprint density at radius 1 is 0.806 bits per heavy atom. The van der Waals surface area contributed by atoms with Crippen molar-refractivity contribution in [3.8, 4) is 21.8 Å². The minimum Gasteiger partial charge on any atom is -0.378 e. The summed E-state index contributed by atoms with van der Waals surface area (Å²) in [5.41, 5.74) is 3.79. The van der Waals surface area contributed by atoms with E-state index >= 15 is 0 Å². The van der Waals surface area contributed by atoms with Crippen LogP contribution in [0.15, 0.2) is 48.9 Å². The van der Waals surface area contributed by atoms with Crippen molar-refractivity contribution in [2.45, 2.75) is 0 Å². The molecule has 1 N–H and O–H groups in total. The lowest BCUT2D eigenvalue weighted by atomic mass is 10.2. The van der Waals surface area contributed by atoms with E-state index in [2.05, 4.69) is 44.0 Å². The van der Waals surface area contributed by atoms with E-state index in [1.165, 1.54) is 0 Å². The van der Waals surface area contributed by atoms with Crippen LogP contribution in [0.1, 0.15) is 0 Å². The molecule has 36 heavy (non-hydrogen) atoms. The van der Waals surface area contributed by atoms with Crippen molar-refractivity contribution in [3.05, 3.63) is 48.9 Å². The molecule has 10 heteroatoms. The molecule has 0 saturated carbocycles. The lowest BCUT2D eigenvalue weighted by Gasteiger charge is -2.28. The standard InChI is InChI=1S/C26H25N7O2S/c1-2-22(32-5-9-34-10-6-32)28-15-18(1)21-14-20-23(36-21)26(33-7-11-35-12-8-33)31-25(30-20)19-13-17-3-4-27-24(17)29-16-19/h1-4,13-16H,5-12H2,(H,27,29). The molecule has 0 spiro atoms. The Morgan fingerprint density at radius 2 is 1.58 bits per heavy atom. The molecule has 2 aliphatic heterocycles. The van der Waals surface area contributed by atoms with Gasteiger partial charge >= 0.3 is 0 Å². The van der Waals surface area contributed by atoms with E-state index in [0.717, 1.165) is 88.3 Å². The summed E-state index contributed by atoms with van der Waals surface area (Å²) in [6, 6.07) is 10.5. The van der Waals surface area contributed by atoms with Crippen LogP contribution < -0.4 is 9.80 Å². The number of nitrogens with zero attached hydrogens (tertiary/aromatic N) is 6. The molecule has 0 aliphatic carbocycles. The molecular formula is C26H25N7O2S. The normalized spacial score (nSPS) is 16.8. The highest BCUT2D eigenvalue weighted by Crippen LogP contribution is 2.39.